The Hall–Kier alpha value is -2.15. The van der Waals surface area contributed by atoms with Crippen LogP contribution in [0.15, 0.2) is 36.7 Å². The van der Waals surface area contributed by atoms with Gasteiger partial charge in [-0.1, -0.05) is 6.07 Å². The highest BCUT2D eigenvalue weighted by atomic mass is 16.5. The number of aromatic nitrogens is 1. The zero-order chi connectivity index (χ0) is 20.1. The van der Waals surface area contributed by atoms with Crippen molar-refractivity contribution < 1.29 is 19.7 Å². The number of fused-ring (bicyclic) bond motifs is 1. The van der Waals surface area contributed by atoms with Gasteiger partial charge in [0.25, 0.3) is 0 Å². The predicted molar refractivity (Wildman–Crippen MR) is 111 cm³/mol. The summed E-state index contributed by atoms with van der Waals surface area (Å²) >= 11 is 0. The fourth-order valence-corrected chi connectivity index (χ4v) is 4.33. The van der Waals surface area contributed by atoms with Crippen molar-refractivity contribution >= 4 is 5.69 Å². The molecule has 6 heteroatoms. The van der Waals surface area contributed by atoms with Gasteiger partial charge in [-0.3, -0.25) is 4.98 Å². The molecule has 1 aliphatic carbocycles. The first-order valence-electron chi connectivity index (χ1n) is 10.6. The third kappa shape index (κ3) is 5.07. The Morgan fingerprint density at radius 1 is 1.17 bits per heavy atom. The maximum absolute atomic E-state index is 9.54. The van der Waals surface area contributed by atoms with E-state index in [0.717, 1.165) is 64.2 Å². The van der Waals surface area contributed by atoms with Crippen LogP contribution in [-0.4, -0.2) is 41.6 Å². The van der Waals surface area contributed by atoms with Crippen LogP contribution in [-0.2, 0) is 11.2 Å². The van der Waals surface area contributed by atoms with Crippen molar-refractivity contribution in [3.8, 4) is 5.75 Å². The first kappa shape index (κ1) is 20.1. The standard InChI is InChI=1S/C23H30N2O4/c26-23(27)21-6-9-24-14-22(21)25-13-18-3-1-2-17-12-19(4-5-20(17)18)29-15-16-7-10-28-11-8-16/h4-6,9,12,14,16,18,23,25-27H,1-3,7-8,10-11,13,15H2. The summed E-state index contributed by atoms with van der Waals surface area (Å²) < 4.78 is 11.5. The van der Waals surface area contributed by atoms with E-state index in [4.69, 9.17) is 9.47 Å². The maximum atomic E-state index is 9.54. The average Bonchev–Trinajstić information content (AvgIpc) is 2.77. The monoisotopic (exact) mass is 398 g/mol. The zero-order valence-electron chi connectivity index (χ0n) is 16.7. The van der Waals surface area contributed by atoms with E-state index in [2.05, 4.69) is 28.5 Å². The quantitative estimate of drug-likeness (QED) is 0.620. The SMILES string of the molecule is OC(O)c1ccncc1NCC1CCCc2cc(OCC3CCOCC3)ccc21. The molecule has 156 valence electrons. The molecule has 1 aromatic heterocycles. The molecule has 2 aliphatic rings. The lowest BCUT2D eigenvalue weighted by Crippen LogP contribution is -2.22. The number of aryl methyl sites for hydroxylation is 1. The molecule has 1 aliphatic heterocycles. The lowest BCUT2D eigenvalue weighted by atomic mass is 9.82. The van der Waals surface area contributed by atoms with E-state index in [1.54, 1.807) is 18.5 Å². The minimum Gasteiger partial charge on any atom is -0.493 e. The van der Waals surface area contributed by atoms with Gasteiger partial charge in [0.15, 0.2) is 6.29 Å². The average molecular weight is 399 g/mol. The molecule has 0 bridgehead atoms. The number of pyridine rings is 1. The van der Waals surface area contributed by atoms with Crippen molar-refractivity contribution in [3.05, 3.63) is 53.3 Å². The summed E-state index contributed by atoms with van der Waals surface area (Å²) in [6, 6.07) is 8.12. The Kier molecular flexibility index (Phi) is 6.64. The van der Waals surface area contributed by atoms with E-state index in [0.29, 0.717) is 23.1 Å². The van der Waals surface area contributed by atoms with Gasteiger partial charge in [0.2, 0.25) is 0 Å². The van der Waals surface area contributed by atoms with Gasteiger partial charge < -0.3 is 25.0 Å². The van der Waals surface area contributed by atoms with Crippen molar-refractivity contribution in [2.75, 3.05) is 31.7 Å². The number of nitrogens with zero attached hydrogens (tertiary/aromatic N) is 1. The number of aliphatic hydroxyl groups excluding tert-OH is 1. The molecule has 3 N–H and O–H groups in total. The van der Waals surface area contributed by atoms with Crippen LogP contribution in [0.3, 0.4) is 0 Å². The van der Waals surface area contributed by atoms with Crippen LogP contribution in [0.2, 0.25) is 0 Å². The van der Waals surface area contributed by atoms with E-state index >= 15 is 0 Å². The Morgan fingerprint density at radius 2 is 2.03 bits per heavy atom. The summed E-state index contributed by atoms with van der Waals surface area (Å²) in [5, 5.41) is 22.4. The molecular weight excluding hydrogens is 368 g/mol. The van der Waals surface area contributed by atoms with Crippen molar-refractivity contribution in [2.24, 2.45) is 5.92 Å². The molecule has 6 nitrogen and oxygen atoms in total. The molecule has 2 heterocycles. The molecule has 1 saturated heterocycles. The van der Waals surface area contributed by atoms with Crippen LogP contribution >= 0.6 is 0 Å². The molecular formula is C23H30N2O4. The number of hydrogen-bond acceptors (Lipinski definition) is 6. The van der Waals surface area contributed by atoms with E-state index in [1.165, 1.54) is 11.1 Å². The first-order chi connectivity index (χ1) is 14.2. The Morgan fingerprint density at radius 3 is 2.86 bits per heavy atom. The normalized spacial score (nSPS) is 19.8. The van der Waals surface area contributed by atoms with Crippen molar-refractivity contribution in [1.82, 2.24) is 4.98 Å². The van der Waals surface area contributed by atoms with Crippen molar-refractivity contribution in [1.29, 1.82) is 0 Å². The molecule has 1 atom stereocenters. The Balaban J connectivity index is 1.39. The molecule has 0 spiro atoms. The van der Waals surface area contributed by atoms with Crippen LogP contribution in [0.1, 0.15) is 54.6 Å². The number of rotatable bonds is 7. The third-order valence-corrected chi connectivity index (χ3v) is 6.05. The van der Waals surface area contributed by atoms with Gasteiger partial charge in [-0.05, 0) is 67.3 Å². The summed E-state index contributed by atoms with van der Waals surface area (Å²) in [5.41, 5.74) is 3.84. The second kappa shape index (κ2) is 9.57. The highest BCUT2D eigenvalue weighted by Gasteiger charge is 2.22. The zero-order valence-corrected chi connectivity index (χ0v) is 16.7. The Labute approximate surface area is 171 Å². The summed E-state index contributed by atoms with van der Waals surface area (Å²) in [6.45, 7) is 3.19. The second-order valence-corrected chi connectivity index (χ2v) is 8.03. The second-order valence-electron chi connectivity index (χ2n) is 8.03. The fourth-order valence-electron chi connectivity index (χ4n) is 4.33. The largest absolute Gasteiger partial charge is 0.493 e. The smallest absolute Gasteiger partial charge is 0.180 e. The van der Waals surface area contributed by atoms with Crippen LogP contribution in [0.25, 0.3) is 0 Å². The Bertz CT molecular complexity index is 805. The van der Waals surface area contributed by atoms with Crippen LogP contribution in [0.4, 0.5) is 5.69 Å². The minimum atomic E-state index is -1.51. The van der Waals surface area contributed by atoms with E-state index in [1.807, 2.05) is 0 Å². The topological polar surface area (TPSA) is 83.8 Å². The first-order valence-corrected chi connectivity index (χ1v) is 10.6. The highest BCUT2D eigenvalue weighted by Crippen LogP contribution is 2.34. The number of nitrogens with one attached hydrogen (secondary N) is 1. The summed E-state index contributed by atoms with van der Waals surface area (Å²) in [6.07, 6.45) is 7.20. The van der Waals surface area contributed by atoms with Gasteiger partial charge in [-0.2, -0.15) is 0 Å². The lowest BCUT2D eigenvalue weighted by Gasteiger charge is -2.27. The number of hydrogen-bond donors (Lipinski definition) is 3. The molecule has 1 unspecified atom stereocenters. The molecule has 0 radical (unpaired) electrons. The van der Waals surface area contributed by atoms with E-state index < -0.39 is 6.29 Å². The molecule has 0 saturated carbocycles. The fraction of sp³-hybridized carbons (Fsp3) is 0.522. The van der Waals surface area contributed by atoms with Gasteiger partial charge in [0.1, 0.15) is 5.75 Å². The van der Waals surface area contributed by atoms with E-state index in [-0.39, 0.29) is 0 Å². The molecule has 4 rings (SSSR count). The van der Waals surface area contributed by atoms with Crippen molar-refractivity contribution in [2.45, 2.75) is 44.3 Å². The number of benzene rings is 1. The minimum absolute atomic E-state index is 0.382. The van der Waals surface area contributed by atoms with E-state index in [9.17, 15) is 10.2 Å². The summed E-state index contributed by atoms with van der Waals surface area (Å²) in [4.78, 5) is 4.10. The summed E-state index contributed by atoms with van der Waals surface area (Å²) in [7, 11) is 0. The van der Waals surface area contributed by atoms with Crippen molar-refractivity contribution in [3.63, 3.8) is 0 Å². The molecule has 1 aromatic carbocycles. The van der Waals surface area contributed by atoms with Gasteiger partial charge in [0.05, 0.1) is 18.5 Å². The maximum Gasteiger partial charge on any atom is 0.180 e. The summed E-state index contributed by atoms with van der Waals surface area (Å²) in [5.74, 6) is 1.93. The van der Waals surface area contributed by atoms with Crippen LogP contribution in [0, 0.1) is 5.92 Å². The lowest BCUT2D eigenvalue weighted by molar-refractivity contribution is -0.0419. The van der Waals surface area contributed by atoms with Gasteiger partial charge in [-0.15, -0.1) is 0 Å². The predicted octanol–water partition coefficient (Wildman–Crippen LogP) is 3.40. The van der Waals surface area contributed by atoms with Crippen LogP contribution < -0.4 is 10.1 Å². The molecule has 2 aromatic rings. The van der Waals surface area contributed by atoms with Gasteiger partial charge in [-0.25, -0.2) is 0 Å². The molecule has 0 amide bonds. The molecule has 1 fully saturated rings. The van der Waals surface area contributed by atoms with Crippen LogP contribution in [0.5, 0.6) is 5.75 Å². The molecule has 29 heavy (non-hydrogen) atoms. The number of aliphatic hydroxyl groups is 2. The number of ether oxygens (including phenoxy) is 2. The van der Waals surface area contributed by atoms with Gasteiger partial charge in [0, 0.05) is 37.4 Å². The third-order valence-electron chi connectivity index (χ3n) is 6.05. The number of anilines is 1. The highest BCUT2D eigenvalue weighted by molar-refractivity contribution is 5.50. The van der Waals surface area contributed by atoms with Gasteiger partial charge >= 0.3 is 0 Å².